The number of pyridine rings is 1. The van der Waals surface area contributed by atoms with Gasteiger partial charge in [0.2, 0.25) is 5.95 Å². The van der Waals surface area contributed by atoms with Gasteiger partial charge in [-0.05, 0) is 44.6 Å². The maximum Gasteiger partial charge on any atom is 0.226 e. The molecule has 2 aromatic rings. The Bertz CT molecular complexity index is 654. The maximum atomic E-state index is 6.12. The zero-order valence-electron chi connectivity index (χ0n) is 13.0. The third-order valence-corrected chi connectivity index (χ3v) is 4.06. The topological polar surface area (TPSA) is 89.2 Å². The molecular formula is C15H22N6O. The van der Waals surface area contributed by atoms with Crippen molar-refractivity contribution in [3.05, 3.63) is 17.8 Å². The molecule has 3 heterocycles. The number of aromatic nitrogens is 3. The fraction of sp³-hybridized carbons (Fsp3) is 0.533. The lowest BCUT2D eigenvalue weighted by molar-refractivity contribution is 0.186. The average molecular weight is 302 g/mol. The highest BCUT2D eigenvalue weighted by Gasteiger charge is 2.18. The molecule has 7 nitrogen and oxygen atoms in total. The number of nitrogen functional groups attached to an aromatic ring is 1. The van der Waals surface area contributed by atoms with Gasteiger partial charge in [0.1, 0.15) is 5.82 Å². The van der Waals surface area contributed by atoms with Crippen molar-refractivity contribution in [3.63, 3.8) is 0 Å². The molecule has 0 spiro atoms. The summed E-state index contributed by atoms with van der Waals surface area (Å²) >= 11 is 0. The maximum absolute atomic E-state index is 6.12. The first kappa shape index (κ1) is 14.9. The highest BCUT2D eigenvalue weighted by Crippen LogP contribution is 2.23. The molecule has 7 heteroatoms. The van der Waals surface area contributed by atoms with Crippen molar-refractivity contribution >= 4 is 22.8 Å². The van der Waals surface area contributed by atoms with E-state index < -0.39 is 0 Å². The van der Waals surface area contributed by atoms with Crippen LogP contribution in [0, 0.1) is 0 Å². The number of nitrogens with zero attached hydrogens (tertiary/aromatic N) is 4. The third-order valence-electron chi connectivity index (χ3n) is 4.06. The molecule has 1 aliphatic rings. The second-order valence-corrected chi connectivity index (χ2v) is 5.76. The van der Waals surface area contributed by atoms with Crippen molar-refractivity contribution < 1.29 is 4.74 Å². The van der Waals surface area contributed by atoms with E-state index in [0.29, 0.717) is 30.1 Å². The van der Waals surface area contributed by atoms with Crippen LogP contribution in [0.5, 0.6) is 0 Å². The number of fused-ring (bicyclic) bond motifs is 1. The summed E-state index contributed by atoms with van der Waals surface area (Å²) in [5.74, 6) is 1.00. The summed E-state index contributed by atoms with van der Waals surface area (Å²) < 4.78 is 5.19. The van der Waals surface area contributed by atoms with Crippen molar-refractivity contribution in [1.29, 1.82) is 0 Å². The van der Waals surface area contributed by atoms with Crippen LogP contribution in [-0.4, -0.2) is 53.1 Å². The van der Waals surface area contributed by atoms with E-state index in [0.717, 1.165) is 36.9 Å². The summed E-state index contributed by atoms with van der Waals surface area (Å²) in [6.07, 6.45) is 3.88. The minimum Gasteiger partial charge on any atom is -0.383 e. The second kappa shape index (κ2) is 6.41. The molecule has 0 radical (unpaired) electrons. The van der Waals surface area contributed by atoms with Gasteiger partial charge in [0, 0.05) is 19.3 Å². The van der Waals surface area contributed by atoms with Gasteiger partial charge in [-0.25, -0.2) is 4.98 Å². The van der Waals surface area contributed by atoms with Gasteiger partial charge in [-0.2, -0.15) is 9.97 Å². The standard InChI is InChI=1S/C15H22N6O/c1-21-7-4-11(5-8-21)18-15-19-13(16)12-10(9-22-2)3-6-17-14(12)20-15/h3,6,11H,4-5,7-9H2,1-2H3,(H3,16,17,18,19,20). The predicted molar refractivity (Wildman–Crippen MR) is 86.6 cm³/mol. The van der Waals surface area contributed by atoms with E-state index in [-0.39, 0.29) is 0 Å². The molecule has 0 saturated carbocycles. The van der Waals surface area contributed by atoms with E-state index in [4.69, 9.17) is 10.5 Å². The van der Waals surface area contributed by atoms with Crippen LogP contribution in [-0.2, 0) is 11.3 Å². The molecule has 0 aromatic carbocycles. The van der Waals surface area contributed by atoms with Crippen molar-refractivity contribution in [2.75, 3.05) is 38.3 Å². The number of hydrogen-bond donors (Lipinski definition) is 2. The molecule has 1 aliphatic heterocycles. The Kier molecular flexibility index (Phi) is 4.35. The second-order valence-electron chi connectivity index (χ2n) is 5.76. The van der Waals surface area contributed by atoms with Gasteiger partial charge in [0.15, 0.2) is 5.65 Å². The minimum absolute atomic E-state index is 0.384. The van der Waals surface area contributed by atoms with E-state index in [1.165, 1.54) is 0 Å². The molecule has 22 heavy (non-hydrogen) atoms. The van der Waals surface area contributed by atoms with Crippen LogP contribution in [0.15, 0.2) is 12.3 Å². The molecule has 0 bridgehead atoms. The summed E-state index contributed by atoms with van der Waals surface area (Å²) in [5, 5.41) is 4.16. The zero-order valence-corrected chi connectivity index (χ0v) is 13.0. The molecule has 2 aromatic heterocycles. The molecular weight excluding hydrogens is 280 g/mol. The molecule has 1 saturated heterocycles. The first-order valence-electron chi connectivity index (χ1n) is 7.52. The Labute approximate surface area is 129 Å². The van der Waals surface area contributed by atoms with Crippen LogP contribution in [0.2, 0.25) is 0 Å². The predicted octanol–water partition coefficient (Wildman–Crippen LogP) is 1.26. The van der Waals surface area contributed by atoms with E-state index in [1.807, 2.05) is 6.07 Å². The monoisotopic (exact) mass is 302 g/mol. The van der Waals surface area contributed by atoms with Gasteiger partial charge < -0.3 is 20.7 Å². The van der Waals surface area contributed by atoms with Crippen molar-refractivity contribution in [1.82, 2.24) is 19.9 Å². The summed E-state index contributed by atoms with van der Waals surface area (Å²) in [7, 11) is 3.79. The fourth-order valence-electron chi connectivity index (χ4n) is 2.82. The number of ether oxygens (including phenoxy) is 1. The Morgan fingerprint density at radius 3 is 2.86 bits per heavy atom. The molecule has 0 atom stereocenters. The van der Waals surface area contributed by atoms with Crippen LogP contribution in [0.25, 0.3) is 11.0 Å². The van der Waals surface area contributed by atoms with Crippen molar-refractivity contribution in [3.8, 4) is 0 Å². The zero-order chi connectivity index (χ0) is 15.5. The Balaban J connectivity index is 1.86. The molecule has 0 amide bonds. The van der Waals surface area contributed by atoms with Crippen LogP contribution in [0.4, 0.5) is 11.8 Å². The largest absolute Gasteiger partial charge is 0.383 e. The van der Waals surface area contributed by atoms with Gasteiger partial charge in [-0.15, -0.1) is 0 Å². The lowest BCUT2D eigenvalue weighted by Gasteiger charge is -2.29. The van der Waals surface area contributed by atoms with Crippen LogP contribution >= 0.6 is 0 Å². The summed E-state index contributed by atoms with van der Waals surface area (Å²) in [6.45, 7) is 2.63. The van der Waals surface area contributed by atoms with Gasteiger partial charge >= 0.3 is 0 Å². The highest BCUT2D eigenvalue weighted by atomic mass is 16.5. The normalized spacial score (nSPS) is 17.0. The molecule has 118 valence electrons. The SMILES string of the molecule is COCc1ccnc2nc(NC3CCN(C)CC3)nc(N)c12. The Hall–Kier alpha value is -1.99. The Morgan fingerprint density at radius 2 is 2.14 bits per heavy atom. The minimum atomic E-state index is 0.384. The van der Waals surface area contributed by atoms with Gasteiger partial charge in [-0.3, -0.25) is 0 Å². The van der Waals surface area contributed by atoms with Gasteiger partial charge in [0.05, 0.1) is 12.0 Å². The molecule has 1 fully saturated rings. The van der Waals surface area contributed by atoms with Crippen LogP contribution < -0.4 is 11.1 Å². The summed E-state index contributed by atoms with van der Waals surface area (Å²) in [6, 6.07) is 2.27. The van der Waals surface area contributed by atoms with Crippen LogP contribution in [0.3, 0.4) is 0 Å². The number of hydrogen-bond acceptors (Lipinski definition) is 7. The molecule has 0 unspecified atom stereocenters. The number of methoxy groups -OCH3 is 1. The van der Waals surface area contributed by atoms with E-state index in [1.54, 1.807) is 13.3 Å². The molecule has 3 N–H and O–H groups in total. The number of rotatable bonds is 4. The lowest BCUT2D eigenvalue weighted by atomic mass is 10.1. The van der Waals surface area contributed by atoms with Crippen molar-refractivity contribution in [2.45, 2.75) is 25.5 Å². The third kappa shape index (κ3) is 3.10. The molecule has 0 aliphatic carbocycles. The summed E-state index contributed by atoms with van der Waals surface area (Å²) in [4.78, 5) is 15.6. The lowest BCUT2D eigenvalue weighted by Crippen LogP contribution is -2.37. The number of piperidine rings is 1. The fourth-order valence-corrected chi connectivity index (χ4v) is 2.82. The first-order chi connectivity index (χ1) is 10.7. The van der Waals surface area contributed by atoms with Crippen LogP contribution in [0.1, 0.15) is 18.4 Å². The molecule has 3 rings (SSSR count). The smallest absolute Gasteiger partial charge is 0.226 e. The quantitative estimate of drug-likeness (QED) is 0.878. The van der Waals surface area contributed by atoms with Gasteiger partial charge in [-0.1, -0.05) is 0 Å². The number of nitrogens with two attached hydrogens (primary N) is 1. The van der Waals surface area contributed by atoms with E-state index in [2.05, 4.69) is 32.2 Å². The number of nitrogens with one attached hydrogen (secondary N) is 1. The summed E-state index contributed by atoms with van der Waals surface area (Å²) in [5.41, 5.74) is 7.68. The average Bonchev–Trinajstić information content (AvgIpc) is 2.50. The van der Waals surface area contributed by atoms with Gasteiger partial charge in [0.25, 0.3) is 0 Å². The number of likely N-dealkylation sites (tertiary alicyclic amines) is 1. The Morgan fingerprint density at radius 1 is 1.36 bits per heavy atom. The van der Waals surface area contributed by atoms with Crippen molar-refractivity contribution in [2.24, 2.45) is 0 Å². The highest BCUT2D eigenvalue weighted by molar-refractivity contribution is 5.89. The number of anilines is 2. The van der Waals surface area contributed by atoms with E-state index >= 15 is 0 Å². The first-order valence-corrected chi connectivity index (χ1v) is 7.52. The van der Waals surface area contributed by atoms with E-state index in [9.17, 15) is 0 Å².